The second-order valence-corrected chi connectivity index (χ2v) is 9.86. The molecule has 0 saturated carbocycles. The Morgan fingerprint density at radius 3 is 1.90 bits per heavy atom. The number of pyridine rings is 1. The van der Waals surface area contributed by atoms with E-state index in [1.165, 1.54) is 11.1 Å². The van der Waals surface area contributed by atoms with Crippen LogP contribution in [0.3, 0.4) is 0 Å². The van der Waals surface area contributed by atoms with E-state index in [-0.39, 0.29) is 0 Å². The third-order valence-electron chi connectivity index (χ3n) is 6.87. The normalized spacial score (nSPS) is 11.0. The minimum atomic E-state index is 0.517. The van der Waals surface area contributed by atoms with Crippen LogP contribution in [0, 0.1) is 0 Å². The number of hydrogen-bond acceptors (Lipinski definition) is 6. The third kappa shape index (κ3) is 8.07. The lowest BCUT2D eigenvalue weighted by Gasteiger charge is -2.26. The Morgan fingerprint density at radius 1 is 0.585 bits per heavy atom. The fourth-order valence-corrected chi connectivity index (χ4v) is 4.76. The summed E-state index contributed by atoms with van der Waals surface area (Å²) in [6.07, 6.45) is 1.84. The zero-order valence-corrected chi connectivity index (χ0v) is 23.7. The summed E-state index contributed by atoms with van der Waals surface area (Å²) in [4.78, 5) is 6.93. The molecule has 0 aliphatic carbocycles. The number of methoxy groups -OCH3 is 2. The number of hydrogen-bond donors (Lipinski definition) is 0. The maximum Gasteiger partial charge on any atom is 0.119 e. The highest BCUT2D eigenvalue weighted by Crippen LogP contribution is 2.25. The van der Waals surface area contributed by atoms with Gasteiger partial charge in [-0.05, 0) is 70.8 Å². The predicted octanol–water partition coefficient (Wildman–Crippen LogP) is 7.19. The van der Waals surface area contributed by atoms with Crippen LogP contribution in [0.2, 0.25) is 0 Å². The molecular formula is C35H36N2O4. The Bertz CT molecular complexity index is 1550. The van der Waals surface area contributed by atoms with Gasteiger partial charge in [-0.15, -0.1) is 0 Å². The molecule has 0 aliphatic rings. The van der Waals surface area contributed by atoms with Gasteiger partial charge in [0.15, 0.2) is 0 Å². The molecule has 0 fully saturated rings. The van der Waals surface area contributed by atoms with Crippen molar-refractivity contribution in [2.24, 2.45) is 0 Å². The fourth-order valence-electron chi connectivity index (χ4n) is 4.76. The Balaban J connectivity index is 1.23. The van der Waals surface area contributed by atoms with Crippen LogP contribution in [0.25, 0.3) is 10.9 Å². The van der Waals surface area contributed by atoms with Gasteiger partial charge >= 0.3 is 0 Å². The highest BCUT2D eigenvalue weighted by Gasteiger charge is 2.11. The summed E-state index contributed by atoms with van der Waals surface area (Å²) >= 11 is 0. The van der Waals surface area contributed by atoms with E-state index < -0.39 is 0 Å². The molecule has 0 amide bonds. The van der Waals surface area contributed by atoms with Gasteiger partial charge in [0.2, 0.25) is 0 Å². The standard InChI is InChI=1S/C35H36N2O4/c1-38-33-12-4-7-27(20-33)23-37(24-28-14-15-31-10-6-16-36-35(31)22-28)32-11-3-8-29(19-32)25-40-17-18-41-26-30-9-5-13-34(21-30)39-2/h3-16,19-22H,17-18,23-26H2,1-2H3. The van der Waals surface area contributed by atoms with Crippen molar-refractivity contribution in [2.45, 2.75) is 26.3 Å². The molecule has 6 nitrogen and oxygen atoms in total. The fraction of sp³-hybridized carbons (Fsp3) is 0.229. The van der Waals surface area contributed by atoms with Crippen LogP contribution in [0.1, 0.15) is 22.3 Å². The van der Waals surface area contributed by atoms with Crippen molar-refractivity contribution in [3.05, 3.63) is 132 Å². The molecule has 0 unspecified atom stereocenters. The molecule has 0 radical (unpaired) electrons. The SMILES string of the molecule is COc1cccc(COCCOCc2cccc(N(Cc3cccc(OC)c3)Cc3ccc4cccnc4c3)c2)c1. The van der Waals surface area contributed by atoms with Crippen LogP contribution in [-0.4, -0.2) is 32.4 Å². The first-order valence-corrected chi connectivity index (χ1v) is 13.8. The van der Waals surface area contributed by atoms with E-state index in [1.54, 1.807) is 14.2 Å². The molecule has 0 saturated heterocycles. The van der Waals surface area contributed by atoms with Crippen LogP contribution in [0.15, 0.2) is 109 Å². The molecule has 0 atom stereocenters. The molecule has 6 heteroatoms. The summed E-state index contributed by atoms with van der Waals surface area (Å²) in [6, 6.07) is 35.2. The lowest BCUT2D eigenvalue weighted by molar-refractivity contribution is 0.0338. The summed E-state index contributed by atoms with van der Waals surface area (Å²) in [6.45, 7) is 3.57. The number of nitrogens with zero attached hydrogens (tertiary/aromatic N) is 2. The van der Waals surface area contributed by atoms with E-state index in [9.17, 15) is 0 Å². The van der Waals surface area contributed by atoms with E-state index >= 15 is 0 Å². The van der Waals surface area contributed by atoms with Gasteiger partial charge < -0.3 is 23.8 Å². The van der Waals surface area contributed by atoms with Crippen LogP contribution >= 0.6 is 0 Å². The molecule has 210 valence electrons. The first-order valence-electron chi connectivity index (χ1n) is 13.8. The summed E-state index contributed by atoms with van der Waals surface area (Å²) in [7, 11) is 3.37. The van der Waals surface area contributed by atoms with Crippen LogP contribution in [0.4, 0.5) is 5.69 Å². The van der Waals surface area contributed by atoms with Gasteiger partial charge in [-0.3, -0.25) is 4.98 Å². The van der Waals surface area contributed by atoms with Crippen LogP contribution < -0.4 is 14.4 Å². The van der Waals surface area contributed by atoms with Crippen LogP contribution in [-0.2, 0) is 35.8 Å². The van der Waals surface area contributed by atoms with Crippen molar-refractivity contribution in [3.63, 3.8) is 0 Å². The number of fused-ring (bicyclic) bond motifs is 1. The van der Waals surface area contributed by atoms with Crippen molar-refractivity contribution in [1.29, 1.82) is 0 Å². The van der Waals surface area contributed by atoms with Gasteiger partial charge in [0.1, 0.15) is 11.5 Å². The number of aromatic nitrogens is 1. The van der Waals surface area contributed by atoms with Crippen molar-refractivity contribution >= 4 is 16.6 Å². The number of ether oxygens (including phenoxy) is 4. The molecule has 41 heavy (non-hydrogen) atoms. The number of anilines is 1. The molecule has 0 N–H and O–H groups in total. The largest absolute Gasteiger partial charge is 0.497 e. The highest BCUT2D eigenvalue weighted by atomic mass is 16.5. The molecule has 1 heterocycles. The van der Waals surface area contributed by atoms with Crippen molar-refractivity contribution in [2.75, 3.05) is 32.3 Å². The van der Waals surface area contributed by atoms with Crippen molar-refractivity contribution in [1.82, 2.24) is 4.98 Å². The van der Waals surface area contributed by atoms with Crippen molar-refractivity contribution in [3.8, 4) is 11.5 Å². The molecule has 4 aromatic carbocycles. The molecule has 0 spiro atoms. The van der Waals surface area contributed by atoms with E-state index in [4.69, 9.17) is 18.9 Å². The molecule has 0 bridgehead atoms. The maximum atomic E-state index is 5.96. The zero-order valence-electron chi connectivity index (χ0n) is 23.7. The summed E-state index contributed by atoms with van der Waals surface area (Å²) in [5.41, 5.74) is 6.71. The predicted molar refractivity (Wildman–Crippen MR) is 163 cm³/mol. The monoisotopic (exact) mass is 548 g/mol. The van der Waals surface area contributed by atoms with E-state index in [0.717, 1.165) is 52.3 Å². The van der Waals surface area contributed by atoms with E-state index in [2.05, 4.69) is 70.5 Å². The molecule has 5 rings (SSSR count). The Kier molecular flexibility index (Phi) is 9.82. The van der Waals surface area contributed by atoms with Gasteiger partial charge in [-0.2, -0.15) is 0 Å². The van der Waals surface area contributed by atoms with Gasteiger partial charge in [0, 0.05) is 30.4 Å². The molecular weight excluding hydrogens is 512 g/mol. The number of benzene rings is 4. The Hall–Kier alpha value is -4.39. The average Bonchev–Trinajstić information content (AvgIpc) is 3.02. The Morgan fingerprint density at radius 2 is 1.20 bits per heavy atom. The Labute approximate surface area is 242 Å². The van der Waals surface area contributed by atoms with E-state index in [0.29, 0.717) is 26.4 Å². The lowest BCUT2D eigenvalue weighted by Crippen LogP contribution is -2.22. The second-order valence-electron chi connectivity index (χ2n) is 9.86. The number of rotatable bonds is 14. The lowest BCUT2D eigenvalue weighted by atomic mass is 10.1. The van der Waals surface area contributed by atoms with Gasteiger partial charge in [-0.1, -0.05) is 54.6 Å². The average molecular weight is 549 g/mol. The van der Waals surface area contributed by atoms with Crippen molar-refractivity contribution < 1.29 is 18.9 Å². The van der Waals surface area contributed by atoms with Gasteiger partial charge in [-0.25, -0.2) is 0 Å². The zero-order chi connectivity index (χ0) is 28.3. The molecule has 0 aliphatic heterocycles. The topological polar surface area (TPSA) is 53.0 Å². The third-order valence-corrected chi connectivity index (χ3v) is 6.87. The maximum absolute atomic E-state index is 5.96. The summed E-state index contributed by atoms with van der Waals surface area (Å²) in [5.74, 6) is 1.69. The minimum absolute atomic E-state index is 0.517. The quantitative estimate of drug-likeness (QED) is 0.137. The van der Waals surface area contributed by atoms with E-state index in [1.807, 2.05) is 48.7 Å². The first kappa shape index (κ1) is 28.1. The van der Waals surface area contributed by atoms with Crippen LogP contribution in [0.5, 0.6) is 11.5 Å². The summed E-state index contributed by atoms with van der Waals surface area (Å²) < 4.78 is 22.5. The molecule has 1 aromatic heterocycles. The first-order chi connectivity index (χ1) is 20.2. The summed E-state index contributed by atoms with van der Waals surface area (Å²) in [5, 5.41) is 1.14. The van der Waals surface area contributed by atoms with Gasteiger partial charge in [0.05, 0.1) is 46.2 Å². The second kappa shape index (κ2) is 14.3. The minimum Gasteiger partial charge on any atom is -0.497 e. The highest BCUT2D eigenvalue weighted by molar-refractivity contribution is 5.79. The van der Waals surface area contributed by atoms with Gasteiger partial charge in [0.25, 0.3) is 0 Å². The molecule has 5 aromatic rings. The smallest absolute Gasteiger partial charge is 0.119 e.